The largest absolute Gasteiger partial charge is 0.497 e. The first-order valence-electron chi connectivity index (χ1n) is 5.46. The molecule has 0 saturated carbocycles. The van der Waals surface area contributed by atoms with Crippen LogP contribution in [0.5, 0.6) is 11.5 Å². The number of hydrogen-bond donors (Lipinski definition) is 0. The zero-order valence-electron chi connectivity index (χ0n) is 10.3. The molecule has 0 N–H and O–H groups in total. The fraction of sp³-hybridized carbons (Fsp3) is 0.0769. The fourth-order valence-corrected chi connectivity index (χ4v) is 3.14. The van der Waals surface area contributed by atoms with Gasteiger partial charge in [-0.3, -0.25) is 0 Å². The summed E-state index contributed by atoms with van der Waals surface area (Å²) in [6.07, 6.45) is 0. The van der Waals surface area contributed by atoms with Crippen LogP contribution in [0.15, 0.2) is 47.4 Å². The predicted octanol–water partition coefficient (Wildman–Crippen LogP) is 3.77. The third-order valence-electron chi connectivity index (χ3n) is 2.43. The molecule has 7 heteroatoms. The molecule has 0 saturated heterocycles. The Kier molecular flexibility index (Phi) is 4.42. The maximum absolute atomic E-state index is 12.1. The monoisotopic (exact) mass is 332 g/mol. The molecule has 2 aromatic rings. The lowest BCUT2D eigenvalue weighted by Crippen LogP contribution is -2.10. The molecule has 0 fully saturated rings. The molecule has 20 heavy (non-hydrogen) atoms. The van der Waals surface area contributed by atoms with Crippen LogP contribution in [0.25, 0.3) is 0 Å². The van der Waals surface area contributed by atoms with Crippen molar-refractivity contribution in [3.05, 3.63) is 52.5 Å². The van der Waals surface area contributed by atoms with E-state index in [1.54, 1.807) is 12.1 Å². The van der Waals surface area contributed by atoms with Gasteiger partial charge in [0.25, 0.3) is 0 Å². The summed E-state index contributed by atoms with van der Waals surface area (Å²) >= 11 is 11.6. The standard InChI is InChI=1S/C13H10Cl2O4S/c1-18-10-3-5-11(6-4-10)19-20(16,17)13-8-9(14)2-7-12(13)15/h2-8H,1H3. The lowest BCUT2D eigenvalue weighted by atomic mass is 10.3. The molecule has 2 aromatic carbocycles. The molecule has 0 radical (unpaired) electrons. The quantitative estimate of drug-likeness (QED) is 0.799. The van der Waals surface area contributed by atoms with Gasteiger partial charge in [0.2, 0.25) is 0 Å². The molecule has 0 aliphatic carbocycles. The molecule has 0 heterocycles. The summed E-state index contributed by atoms with van der Waals surface area (Å²) in [5, 5.41) is 0.300. The van der Waals surface area contributed by atoms with E-state index >= 15 is 0 Å². The van der Waals surface area contributed by atoms with Gasteiger partial charge in [0.1, 0.15) is 16.4 Å². The Morgan fingerprint density at radius 1 is 0.950 bits per heavy atom. The molecule has 0 spiro atoms. The summed E-state index contributed by atoms with van der Waals surface area (Å²) in [6, 6.07) is 10.3. The molecule has 0 bridgehead atoms. The van der Waals surface area contributed by atoms with Gasteiger partial charge in [-0.25, -0.2) is 0 Å². The summed E-state index contributed by atoms with van der Waals surface area (Å²) < 4.78 is 34.2. The van der Waals surface area contributed by atoms with Crippen molar-refractivity contribution in [1.29, 1.82) is 0 Å². The van der Waals surface area contributed by atoms with Gasteiger partial charge in [-0.15, -0.1) is 0 Å². The molecule has 4 nitrogen and oxygen atoms in total. The lowest BCUT2D eigenvalue weighted by Gasteiger charge is -2.09. The van der Waals surface area contributed by atoms with Crippen LogP contribution >= 0.6 is 23.2 Å². The van der Waals surface area contributed by atoms with E-state index in [9.17, 15) is 8.42 Å². The SMILES string of the molecule is COc1ccc(OS(=O)(=O)c2cc(Cl)ccc2Cl)cc1. The molecular formula is C13H10Cl2O4S. The van der Waals surface area contributed by atoms with Gasteiger partial charge in [0.15, 0.2) is 0 Å². The number of ether oxygens (including phenoxy) is 1. The van der Waals surface area contributed by atoms with Crippen molar-refractivity contribution >= 4 is 33.3 Å². The van der Waals surface area contributed by atoms with Crippen LogP contribution in [0.2, 0.25) is 10.0 Å². The van der Waals surface area contributed by atoms with E-state index in [4.69, 9.17) is 32.1 Å². The van der Waals surface area contributed by atoms with Crippen molar-refractivity contribution in [2.24, 2.45) is 0 Å². The van der Waals surface area contributed by atoms with E-state index in [0.29, 0.717) is 5.75 Å². The van der Waals surface area contributed by atoms with Crippen molar-refractivity contribution in [3.8, 4) is 11.5 Å². The van der Waals surface area contributed by atoms with Crippen LogP contribution in [0, 0.1) is 0 Å². The number of benzene rings is 2. The highest BCUT2D eigenvalue weighted by atomic mass is 35.5. The van der Waals surface area contributed by atoms with Crippen LogP contribution in [-0.4, -0.2) is 15.5 Å². The van der Waals surface area contributed by atoms with Gasteiger partial charge in [0.05, 0.1) is 12.1 Å². The van der Waals surface area contributed by atoms with Gasteiger partial charge in [0, 0.05) is 5.02 Å². The Balaban J connectivity index is 2.32. The van der Waals surface area contributed by atoms with Crippen molar-refractivity contribution in [2.45, 2.75) is 4.90 Å². The summed E-state index contributed by atoms with van der Waals surface area (Å²) in [5.74, 6) is 0.748. The van der Waals surface area contributed by atoms with E-state index in [1.807, 2.05) is 0 Å². The maximum atomic E-state index is 12.1. The average Bonchev–Trinajstić information content (AvgIpc) is 2.42. The van der Waals surface area contributed by atoms with Crippen LogP contribution in [0.1, 0.15) is 0 Å². The number of hydrogen-bond acceptors (Lipinski definition) is 4. The third kappa shape index (κ3) is 3.36. The minimum Gasteiger partial charge on any atom is -0.497 e. The van der Waals surface area contributed by atoms with Crippen molar-refractivity contribution < 1.29 is 17.3 Å². The zero-order chi connectivity index (χ0) is 14.8. The topological polar surface area (TPSA) is 52.6 Å². The Bertz CT molecular complexity index is 712. The van der Waals surface area contributed by atoms with E-state index in [-0.39, 0.29) is 20.7 Å². The summed E-state index contributed by atoms with van der Waals surface area (Å²) in [5.41, 5.74) is 0. The molecule has 0 aliphatic heterocycles. The van der Waals surface area contributed by atoms with E-state index < -0.39 is 10.1 Å². The van der Waals surface area contributed by atoms with Crippen molar-refractivity contribution in [2.75, 3.05) is 7.11 Å². The average molecular weight is 333 g/mol. The minimum absolute atomic E-state index is 0.0444. The smallest absolute Gasteiger partial charge is 0.340 e. The Morgan fingerprint density at radius 3 is 2.15 bits per heavy atom. The molecule has 0 amide bonds. The minimum atomic E-state index is -4.04. The van der Waals surface area contributed by atoms with Crippen molar-refractivity contribution in [3.63, 3.8) is 0 Å². The Labute approximate surface area is 127 Å². The van der Waals surface area contributed by atoms with Crippen molar-refractivity contribution in [1.82, 2.24) is 0 Å². The number of rotatable bonds is 4. The van der Waals surface area contributed by atoms with Crippen LogP contribution in [0.3, 0.4) is 0 Å². The molecule has 106 valence electrons. The van der Waals surface area contributed by atoms with Crippen LogP contribution in [-0.2, 0) is 10.1 Å². The van der Waals surface area contributed by atoms with Crippen LogP contribution in [0.4, 0.5) is 0 Å². The number of methoxy groups -OCH3 is 1. The maximum Gasteiger partial charge on any atom is 0.340 e. The van der Waals surface area contributed by atoms with Gasteiger partial charge < -0.3 is 8.92 Å². The second kappa shape index (κ2) is 5.91. The van der Waals surface area contributed by atoms with E-state index in [2.05, 4.69) is 0 Å². The molecule has 0 aromatic heterocycles. The van der Waals surface area contributed by atoms with Gasteiger partial charge in [-0.05, 0) is 42.5 Å². The summed E-state index contributed by atoms with van der Waals surface area (Å²) in [4.78, 5) is -0.178. The molecular weight excluding hydrogens is 323 g/mol. The van der Waals surface area contributed by atoms with E-state index in [0.717, 1.165) is 0 Å². The first kappa shape index (κ1) is 15.0. The third-order valence-corrected chi connectivity index (χ3v) is 4.39. The number of halogens is 2. The predicted molar refractivity (Wildman–Crippen MR) is 77.3 cm³/mol. The molecule has 2 rings (SSSR count). The normalized spacial score (nSPS) is 11.2. The summed E-state index contributed by atoms with van der Waals surface area (Å²) in [6.45, 7) is 0. The Morgan fingerprint density at radius 2 is 1.55 bits per heavy atom. The first-order chi connectivity index (χ1) is 9.42. The van der Waals surface area contributed by atoms with Gasteiger partial charge in [-0.2, -0.15) is 8.42 Å². The molecule has 0 atom stereocenters. The highest BCUT2D eigenvalue weighted by molar-refractivity contribution is 7.87. The highest BCUT2D eigenvalue weighted by Crippen LogP contribution is 2.28. The van der Waals surface area contributed by atoms with Gasteiger partial charge in [-0.1, -0.05) is 23.2 Å². The van der Waals surface area contributed by atoms with Crippen LogP contribution < -0.4 is 8.92 Å². The Hall–Kier alpha value is -1.43. The molecule has 0 unspecified atom stereocenters. The highest BCUT2D eigenvalue weighted by Gasteiger charge is 2.20. The molecule has 0 aliphatic rings. The lowest BCUT2D eigenvalue weighted by molar-refractivity contribution is 0.413. The first-order valence-corrected chi connectivity index (χ1v) is 7.62. The zero-order valence-corrected chi connectivity index (χ0v) is 12.7. The fourth-order valence-electron chi connectivity index (χ4n) is 1.47. The second-order valence-electron chi connectivity index (χ2n) is 3.79. The van der Waals surface area contributed by atoms with Gasteiger partial charge >= 0.3 is 10.1 Å². The summed E-state index contributed by atoms with van der Waals surface area (Å²) in [7, 11) is -2.53. The van der Waals surface area contributed by atoms with E-state index in [1.165, 1.54) is 37.4 Å². The second-order valence-corrected chi connectivity index (χ2v) is 6.15.